The molecule has 18 heavy (non-hydrogen) atoms. The Bertz CT molecular complexity index is 521. The monoisotopic (exact) mass is 260 g/mol. The van der Waals surface area contributed by atoms with E-state index in [9.17, 15) is 0 Å². The van der Waals surface area contributed by atoms with Crippen molar-refractivity contribution in [1.29, 1.82) is 0 Å². The van der Waals surface area contributed by atoms with E-state index in [1.807, 2.05) is 36.4 Å². The number of nitrogens with zero attached hydrogens (tertiary/aromatic N) is 2. The Morgan fingerprint density at radius 3 is 3.00 bits per heavy atom. The molecule has 2 heterocycles. The second-order valence-electron chi connectivity index (χ2n) is 4.45. The predicted octanol–water partition coefficient (Wildman–Crippen LogP) is 3.27. The van der Waals surface area contributed by atoms with E-state index in [1.165, 1.54) is 17.7 Å². The molecule has 2 aromatic rings. The molecular formula is C14H16N2OS. The van der Waals surface area contributed by atoms with Gasteiger partial charge in [-0.25, -0.2) is 4.98 Å². The number of imidazole rings is 1. The van der Waals surface area contributed by atoms with Gasteiger partial charge >= 0.3 is 0 Å². The van der Waals surface area contributed by atoms with Crippen molar-refractivity contribution < 1.29 is 4.74 Å². The lowest BCUT2D eigenvalue weighted by molar-refractivity contribution is 0.414. The number of methoxy groups -OCH3 is 1. The Labute approximate surface area is 111 Å². The molecule has 3 nitrogen and oxygen atoms in total. The van der Waals surface area contributed by atoms with E-state index >= 15 is 0 Å². The number of benzene rings is 1. The summed E-state index contributed by atoms with van der Waals surface area (Å²) in [5.41, 5.74) is 2.72. The standard InChI is InChI=1S/C14H16N2OS/c1-17-12-4-2-11(3-5-12)9-18-14-6-7-16-10-15-8-13(14)16/h2-5,8,10,14H,6-7,9H2,1H3. The summed E-state index contributed by atoms with van der Waals surface area (Å²) in [6, 6.07) is 8.32. The normalized spacial score (nSPS) is 17.7. The summed E-state index contributed by atoms with van der Waals surface area (Å²) in [4.78, 5) is 4.20. The van der Waals surface area contributed by atoms with E-state index < -0.39 is 0 Å². The Balaban J connectivity index is 1.61. The van der Waals surface area contributed by atoms with Crippen molar-refractivity contribution in [3.05, 3.63) is 48.0 Å². The Morgan fingerprint density at radius 1 is 1.39 bits per heavy atom. The molecule has 0 aliphatic carbocycles. The fourth-order valence-corrected chi connectivity index (χ4v) is 3.50. The predicted molar refractivity (Wildman–Crippen MR) is 73.9 cm³/mol. The molecule has 0 amide bonds. The Kier molecular flexibility index (Phi) is 3.28. The largest absolute Gasteiger partial charge is 0.497 e. The maximum absolute atomic E-state index is 5.16. The van der Waals surface area contributed by atoms with Gasteiger partial charge in [-0.05, 0) is 24.1 Å². The van der Waals surface area contributed by atoms with Gasteiger partial charge in [0, 0.05) is 23.7 Å². The van der Waals surface area contributed by atoms with Crippen molar-refractivity contribution in [2.75, 3.05) is 7.11 Å². The van der Waals surface area contributed by atoms with Crippen LogP contribution in [0.5, 0.6) is 5.75 Å². The summed E-state index contributed by atoms with van der Waals surface area (Å²) in [5, 5.41) is 0.592. The zero-order valence-electron chi connectivity index (χ0n) is 10.4. The number of ether oxygens (including phenoxy) is 1. The van der Waals surface area contributed by atoms with Crippen LogP contribution in [0, 0.1) is 0 Å². The first-order valence-electron chi connectivity index (χ1n) is 6.11. The third kappa shape index (κ3) is 2.25. The van der Waals surface area contributed by atoms with Crippen LogP contribution >= 0.6 is 11.8 Å². The molecule has 0 saturated heterocycles. The Hall–Kier alpha value is -1.42. The molecule has 1 unspecified atom stereocenters. The average Bonchev–Trinajstić information content (AvgIpc) is 3.00. The van der Waals surface area contributed by atoms with Crippen molar-refractivity contribution in [2.45, 2.75) is 24.0 Å². The minimum Gasteiger partial charge on any atom is -0.497 e. The lowest BCUT2D eigenvalue weighted by atomic mass is 10.2. The van der Waals surface area contributed by atoms with Crippen LogP contribution in [0.2, 0.25) is 0 Å². The number of aromatic nitrogens is 2. The molecule has 1 aliphatic rings. The van der Waals surface area contributed by atoms with Crippen LogP contribution in [-0.2, 0) is 12.3 Å². The fourth-order valence-electron chi connectivity index (χ4n) is 2.28. The molecule has 4 heteroatoms. The SMILES string of the molecule is COc1ccc(CSC2CCn3cncc32)cc1. The highest BCUT2D eigenvalue weighted by molar-refractivity contribution is 7.98. The smallest absolute Gasteiger partial charge is 0.118 e. The molecule has 0 spiro atoms. The quantitative estimate of drug-likeness (QED) is 0.844. The number of hydrogen-bond donors (Lipinski definition) is 0. The van der Waals surface area contributed by atoms with Gasteiger partial charge in [-0.1, -0.05) is 12.1 Å². The van der Waals surface area contributed by atoms with Crippen LogP contribution < -0.4 is 4.74 Å². The highest BCUT2D eigenvalue weighted by atomic mass is 32.2. The van der Waals surface area contributed by atoms with Gasteiger partial charge in [0.25, 0.3) is 0 Å². The van der Waals surface area contributed by atoms with Gasteiger partial charge in [-0.2, -0.15) is 0 Å². The van der Waals surface area contributed by atoms with Gasteiger partial charge in [0.15, 0.2) is 0 Å². The second kappa shape index (κ2) is 5.06. The van der Waals surface area contributed by atoms with Crippen molar-refractivity contribution in [1.82, 2.24) is 9.55 Å². The molecule has 94 valence electrons. The minimum atomic E-state index is 0.592. The summed E-state index contributed by atoms with van der Waals surface area (Å²) >= 11 is 2.00. The zero-order valence-corrected chi connectivity index (χ0v) is 11.2. The van der Waals surface area contributed by atoms with Crippen molar-refractivity contribution in [2.24, 2.45) is 0 Å². The first-order valence-corrected chi connectivity index (χ1v) is 7.16. The van der Waals surface area contributed by atoms with Crippen molar-refractivity contribution >= 4 is 11.8 Å². The number of aryl methyl sites for hydroxylation is 1. The molecule has 0 radical (unpaired) electrons. The third-order valence-corrected chi connectivity index (χ3v) is 4.70. The molecule has 0 N–H and O–H groups in total. The number of rotatable bonds is 4. The molecule has 1 aliphatic heterocycles. The molecule has 3 rings (SSSR count). The van der Waals surface area contributed by atoms with E-state index in [0.717, 1.165) is 18.0 Å². The van der Waals surface area contributed by atoms with Crippen molar-refractivity contribution in [3.63, 3.8) is 0 Å². The van der Waals surface area contributed by atoms with E-state index in [0.29, 0.717) is 5.25 Å². The number of hydrogen-bond acceptors (Lipinski definition) is 3. The fraction of sp³-hybridized carbons (Fsp3) is 0.357. The van der Waals surface area contributed by atoms with E-state index in [-0.39, 0.29) is 0 Å². The van der Waals surface area contributed by atoms with E-state index in [2.05, 4.69) is 21.7 Å². The first kappa shape index (κ1) is 11.7. The lowest BCUT2D eigenvalue weighted by Crippen LogP contribution is -1.90. The van der Waals surface area contributed by atoms with Gasteiger partial charge < -0.3 is 9.30 Å². The number of thioether (sulfide) groups is 1. The van der Waals surface area contributed by atoms with Crippen LogP contribution in [0.15, 0.2) is 36.8 Å². The maximum Gasteiger partial charge on any atom is 0.118 e. The highest BCUT2D eigenvalue weighted by Gasteiger charge is 2.22. The maximum atomic E-state index is 5.16. The van der Waals surface area contributed by atoms with E-state index in [1.54, 1.807) is 7.11 Å². The van der Waals surface area contributed by atoms with Crippen LogP contribution in [0.3, 0.4) is 0 Å². The van der Waals surface area contributed by atoms with Crippen LogP contribution in [-0.4, -0.2) is 16.7 Å². The molecule has 1 aromatic carbocycles. The molecule has 1 atom stereocenters. The summed E-state index contributed by atoms with van der Waals surface area (Å²) < 4.78 is 7.42. The van der Waals surface area contributed by atoms with Gasteiger partial charge in [0.2, 0.25) is 0 Å². The topological polar surface area (TPSA) is 27.1 Å². The average molecular weight is 260 g/mol. The molecule has 0 bridgehead atoms. The molecule has 0 fully saturated rings. The van der Waals surface area contributed by atoms with Gasteiger partial charge in [0.05, 0.1) is 19.1 Å². The molecule has 1 aromatic heterocycles. The van der Waals surface area contributed by atoms with Crippen LogP contribution in [0.1, 0.15) is 22.9 Å². The summed E-state index contributed by atoms with van der Waals surface area (Å²) in [6.07, 6.45) is 5.15. The lowest BCUT2D eigenvalue weighted by Gasteiger charge is -2.09. The zero-order chi connectivity index (χ0) is 12.4. The summed E-state index contributed by atoms with van der Waals surface area (Å²) in [7, 11) is 1.70. The molecule has 0 saturated carbocycles. The van der Waals surface area contributed by atoms with Crippen LogP contribution in [0.25, 0.3) is 0 Å². The van der Waals surface area contributed by atoms with Gasteiger partial charge in [-0.15, -0.1) is 11.8 Å². The second-order valence-corrected chi connectivity index (χ2v) is 5.64. The van der Waals surface area contributed by atoms with Crippen molar-refractivity contribution in [3.8, 4) is 5.75 Å². The van der Waals surface area contributed by atoms with E-state index in [4.69, 9.17) is 4.74 Å². The highest BCUT2D eigenvalue weighted by Crippen LogP contribution is 2.38. The van der Waals surface area contributed by atoms with Gasteiger partial charge in [-0.3, -0.25) is 0 Å². The van der Waals surface area contributed by atoms with Crippen LogP contribution in [0.4, 0.5) is 0 Å². The first-order chi connectivity index (χ1) is 8.86. The summed E-state index contributed by atoms with van der Waals surface area (Å²) in [6.45, 7) is 1.11. The Morgan fingerprint density at radius 2 is 2.22 bits per heavy atom. The van der Waals surface area contributed by atoms with Gasteiger partial charge in [0.1, 0.15) is 5.75 Å². The third-order valence-electron chi connectivity index (χ3n) is 3.32. The summed E-state index contributed by atoms with van der Waals surface area (Å²) in [5.74, 6) is 1.96. The molecular weight excluding hydrogens is 244 g/mol. The number of fused-ring (bicyclic) bond motifs is 1. The minimum absolute atomic E-state index is 0.592.